The predicted molar refractivity (Wildman–Crippen MR) is 120 cm³/mol. The van der Waals surface area contributed by atoms with Crippen molar-refractivity contribution < 1.29 is 22.7 Å². The second kappa shape index (κ2) is 11.2. The van der Waals surface area contributed by atoms with Crippen LogP contribution in [-0.4, -0.2) is 47.2 Å². The van der Waals surface area contributed by atoms with Crippen molar-refractivity contribution in [1.29, 1.82) is 0 Å². The number of nitrogens with one attached hydrogen (secondary N) is 1. The number of anilines is 1. The Hall–Kier alpha value is -2.58. The molecule has 2 aromatic rings. The lowest BCUT2D eigenvalue weighted by atomic mass is 10.3. The summed E-state index contributed by atoms with van der Waals surface area (Å²) in [4.78, 5) is 12.7. The maximum atomic E-state index is 13.2. The summed E-state index contributed by atoms with van der Waals surface area (Å²) in [6.45, 7) is 0.718. The van der Waals surface area contributed by atoms with Crippen molar-refractivity contribution in [1.82, 2.24) is 5.32 Å². The van der Waals surface area contributed by atoms with Gasteiger partial charge in [0.25, 0.3) is 10.0 Å². The molecule has 1 N–H and O–H groups in total. The number of carbonyl (C=O) groups is 1. The van der Waals surface area contributed by atoms with Crippen LogP contribution in [0, 0.1) is 0 Å². The minimum absolute atomic E-state index is 0.128. The smallest absolute Gasteiger partial charge is 0.264 e. The van der Waals surface area contributed by atoms with E-state index in [0.29, 0.717) is 37.1 Å². The molecular weight excluding hydrogens is 416 g/mol. The van der Waals surface area contributed by atoms with Gasteiger partial charge in [-0.3, -0.25) is 9.10 Å². The van der Waals surface area contributed by atoms with Gasteiger partial charge >= 0.3 is 0 Å². The number of benzene rings is 2. The number of ether oxygens (including phenoxy) is 2. The van der Waals surface area contributed by atoms with Gasteiger partial charge in [0.1, 0.15) is 12.3 Å². The van der Waals surface area contributed by atoms with Crippen LogP contribution in [0.2, 0.25) is 0 Å². The lowest BCUT2D eigenvalue weighted by Gasteiger charge is -2.24. The molecule has 0 radical (unpaired) electrons. The molecule has 2 aromatic carbocycles. The number of sulfonamides is 1. The zero-order valence-electron chi connectivity index (χ0n) is 17.8. The first-order valence-corrected chi connectivity index (χ1v) is 12.0. The minimum atomic E-state index is -3.91. The first-order chi connectivity index (χ1) is 15.0. The van der Waals surface area contributed by atoms with Crippen molar-refractivity contribution >= 4 is 21.6 Å². The third kappa shape index (κ3) is 6.45. The van der Waals surface area contributed by atoms with Gasteiger partial charge in [0, 0.05) is 13.2 Å². The molecule has 0 bridgehead atoms. The van der Waals surface area contributed by atoms with Gasteiger partial charge in [0.15, 0.2) is 0 Å². The van der Waals surface area contributed by atoms with Crippen molar-refractivity contribution in [2.24, 2.45) is 0 Å². The number of hydrogen-bond acceptors (Lipinski definition) is 5. The molecule has 0 spiro atoms. The van der Waals surface area contributed by atoms with E-state index in [-0.39, 0.29) is 17.3 Å². The van der Waals surface area contributed by atoms with Crippen LogP contribution in [0.1, 0.15) is 32.1 Å². The van der Waals surface area contributed by atoms with E-state index in [9.17, 15) is 13.2 Å². The van der Waals surface area contributed by atoms with Crippen LogP contribution in [-0.2, 0) is 19.6 Å². The Kier molecular flexibility index (Phi) is 8.31. The van der Waals surface area contributed by atoms with E-state index >= 15 is 0 Å². The fourth-order valence-corrected chi connectivity index (χ4v) is 5.02. The van der Waals surface area contributed by atoms with E-state index in [2.05, 4.69) is 5.32 Å². The molecule has 7 nitrogen and oxygen atoms in total. The average Bonchev–Trinajstić information content (AvgIpc) is 3.31. The Labute approximate surface area is 184 Å². The lowest BCUT2D eigenvalue weighted by molar-refractivity contribution is -0.119. The van der Waals surface area contributed by atoms with E-state index < -0.39 is 10.0 Å². The van der Waals surface area contributed by atoms with E-state index in [1.54, 1.807) is 42.5 Å². The van der Waals surface area contributed by atoms with Gasteiger partial charge in [-0.05, 0) is 55.7 Å². The Morgan fingerprint density at radius 3 is 2.39 bits per heavy atom. The number of carbonyl (C=O) groups excluding carboxylic acids is 1. The summed E-state index contributed by atoms with van der Waals surface area (Å²) >= 11 is 0. The van der Waals surface area contributed by atoms with E-state index in [0.717, 1.165) is 17.1 Å². The molecule has 8 heteroatoms. The molecular formula is C23H30N2O5S. The van der Waals surface area contributed by atoms with E-state index in [4.69, 9.17) is 9.47 Å². The van der Waals surface area contributed by atoms with E-state index in [1.165, 1.54) is 32.1 Å². The van der Waals surface area contributed by atoms with Crippen LogP contribution in [0.3, 0.4) is 0 Å². The molecule has 31 heavy (non-hydrogen) atoms. The van der Waals surface area contributed by atoms with Crippen LogP contribution in [0.15, 0.2) is 59.5 Å². The molecule has 0 atom stereocenters. The SMILES string of the molecule is COc1ccc(N(CC(=O)NCCCOC2CCCC2)S(=O)(=O)c2ccccc2)cc1. The largest absolute Gasteiger partial charge is 0.497 e. The second-order valence-corrected chi connectivity index (χ2v) is 9.37. The topological polar surface area (TPSA) is 84.9 Å². The van der Waals surface area contributed by atoms with Crippen molar-refractivity contribution in [2.75, 3.05) is 31.1 Å². The van der Waals surface area contributed by atoms with Crippen molar-refractivity contribution in [3.63, 3.8) is 0 Å². The number of rotatable bonds is 11. The van der Waals surface area contributed by atoms with Crippen LogP contribution in [0.25, 0.3) is 0 Å². The highest BCUT2D eigenvalue weighted by Crippen LogP contribution is 2.25. The van der Waals surface area contributed by atoms with Crippen LogP contribution >= 0.6 is 0 Å². The third-order valence-electron chi connectivity index (χ3n) is 5.28. The molecule has 1 fully saturated rings. The third-order valence-corrected chi connectivity index (χ3v) is 7.07. The summed E-state index contributed by atoms with van der Waals surface area (Å²) in [6.07, 6.45) is 5.70. The maximum Gasteiger partial charge on any atom is 0.264 e. The molecule has 1 aliphatic rings. The Bertz CT molecular complexity index is 926. The highest BCUT2D eigenvalue weighted by atomic mass is 32.2. The van der Waals surface area contributed by atoms with Crippen LogP contribution in [0.5, 0.6) is 5.75 Å². The zero-order valence-corrected chi connectivity index (χ0v) is 18.6. The molecule has 0 saturated heterocycles. The first-order valence-electron chi connectivity index (χ1n) is 10.6. The van der Waals surface area contributed by atoms with Gasteiger partial charge < -0.3 is 14.8 Å². The van der Waals surface area contributed by atoms with Crippen molar-refractivity contribution in [3.8, 4) is 5.75 Å². The number of nitrogens with zero attached hydrogens (tertiary/aromatic N) is 1. The molecule has 0 aromatic heterocycles. The lowest BCUT2D eigenvalue weighted by Crippen LogP contribution is -2.41. The van der Waals surface area contributed by atoms with Gasteiger partial charge in [-0.2, -0.15) is 0 Å². The zero-order chi connectivity index (χ0) is 22.1. The minimum Gasteiger partial charge on any atom is -0.497 e. The molecule has 168 valence electrons. The highest BCUT2D eigenvalue weighted by molar-refractivity contribution is 7.92. The fourth-order valence-electron chi connectivity index (χ4n) is 3.57. The van der Waals surface area contributed by atoms with Gasteiger partial charge in [-0.1, -0.05) is 31.0 Å². The fraction of sp³-hybridized carbons (Fsp3) is 0.435. The van der Waals surface area contributed by atoms with Gasteiger partial charge in [0.05, 0.1) is 23.8 Å². The first kappa shape index (κ1) is 23.1. The average molecular weight is 447 g/mol. The summed E-state index contributed by atoms with van der Waals surface area (Å²) in [6, 6.07) is 14.7. The second-order valence-electron chi connectivity index (χ2n) is 7.50. The van der Waals surface area contributed by atoms with Crippen LogP contribution < -0.4 is 14.4 Å². The molecule has 3 rings (SSSR count). The number of amides is 1. The summed E-state index contributed by atoms with van der Waals surface area (Å²) in [5.41, 5.74) is 0.393. The molecule has 0 aliphatic heterocycles. The maximum absolute atomic E-state index is 13.2. The summed E-state index contributed by atoms with van der Waals surface area (Å²) < 4.78 is 38.6. The summed E-state index contributed by atoms with van der Waals surface area (Å²) in [7, 11) is -2.37. The normalized spacial score (nSPS) is 14.4. The number of hydrogen-bond donors (Lipinski definition) is 1. The molecule has 1 amide bonds. The van der Waals surface area contributed by atoms with Gasteiger partial charge in [-0.15, -0.1) is 0 Å². The van der Waals surface area contributed by atoms with E-state index in [1.807, 2.05) is 0 Å². The Balaban J connectivity index is 1.64. The predicted octanol–water partition coefficient (Wildman–Crippen LogP) is 3.36. The van der Waals surface area contributed by atoms with Gasteiger partial charge in [-0.25, -0.2) is 8.42 Å². The Morgan fingerprint density at radius 1 is 1.06 bits per heavy atom. The Morgan fingerprint density at radius 2 is 1.74 bits per heavy atom. The molecule has 1 saturated carbocycles. The monoisotopic (exact) mass is 446 g/mol. The molecule has 1 aliphatic carbocycles. The molecule has 0 heterocycles. The van der Waals surface area contributed by atoms with Crippen molar-refractivity contribution in [2.45, 2.75) is 43.1 Å². The van der Waals surface area contributed by atoms with Crippen molar-refractivity contribution in [3.05, 3.63) is 54.6 Å². The quantitative estimate of drug-likeness (QED) is 0.535. The highest BCUT2D eigenvalue weighted by Gasteiger charge is 2.27. The number of methoxy groups -OCH3 is 1. The summed E-state index contributed by atoms with van der Waals surface area (Å²) in [5, 5.41) is 2.80. The summed E-state index contributed by atoms with van der Waals surface area (Å²) in [5.74, 6) is 0.240. The molecule has 0 unspecified atom stereocenters. The standard InChI is InChI=1S/C23H30N2O5S/c1-29-20-14-12-19(13-15-20)25(31(27,28)22-10-3-2-4-11-22)18-23(26)24-16-7-17-30-21-8-5-6-9-21/h2-4,10-15,21H,5-9,16-18H2,1H3,(H,24,26). The van der Waals surface area contributed by atoms with Crippen LogP contribution in [0.4, 0.5) is 5.69 Å². The van der Waals surface area contributed by atoms with Gasteiger partial charge in [0.2, 0.25) is 5.91 Å².